The van der Waals surface area contributed by atoms with Crippen LogP contribution in [-0.4, -0.2) is 22.1 Å². The Labute approximate surface area is 96.0 Å². The first-order chi connectivity index (χ1) is 7.04. The number of hydrogen-bond donors (Lipinski definition) is 1. The Hall–Kier alpha value is -1.38. The second-order valence-electron chi connectivity index (χ2n) is 2.70. The summed E-state index contributed by atoms with van der Waals surface area (Å²) in [5.41, 5.74) is 0.0961. The number of halogens is 2. The van der Waals surface area contributed by atoms with Crippen molar-refractivity contribution in [2.75, 3.05) is 0 Å². The molecule has 5 nitrogen and oxygen atoms in total. The fraction of sp³-hybridized carbons (Fsp3) is 0.250. The topological polar surface area (TPSA) is 78.7 Å². The molecule has 0 bridgehead atoms. The van der Waals surface area contributed by atoms with E-state index in [0.717, 1.165) is 0 Å². The van der Waals surface area contributed by atoms with Crippen LogP contribution < -0.4 is 5.32 Å². The molecule has 1 N–H and O–H groups in total. The van der Waals surface area contributed by atoms with Gasteiger partial charge < -0.3 is 5.32 Å². The highest BCUT2D eigenvalue weighted by Crippen LogP contribution is 2.15. The third-order valence-corrected chi connectivity index (χ3v) is 1.97. The molecule has 0 fully saturated rings. The standard InChI is InChI=1S/C8H6Cl2N4O/c1-4(3-11)12-8(15)5-2-6(9)13-14-7(5)10/h2,4H,1H3,(H,12,15). The van der Waals surface area contributed by atoms with Crippen LogP contribution in [0.4, 0.5) is 0 Å². The predicted octanol–water partition coefficient (Wildman–Crippen LogP) is 1.43. The van der Waals surface area contributed by atoms with E-state index < -0.39 is 11.9 Å². The minimum absolute atomic E-state index is 0.0537. The molecule has 15 heavy (non-hydrogen) atoms. The van der Waals surface area contributed by atoms with Gasteiger partial charge in [0.25, 0.3) is 5.91 Å². The van der Waals surface area contributed by atoms with E-state index in [0.29, 0.717) is 0 Å². The Bertz CT molecular complexity index is 429. The van der Waals surface area contributed by atoms with Crippen molar-refractivity contribution in [2.24, 2.45) is 0 Å². The fourth-order valence-corrected chi connectivity index (χ4v) is 1.14. The number of nitrogens with zero attached hydrogens (tertiary/aromatic N) is 3. The molecule has 0 aliphatic heterocycles. The van der Waals surface area contributed by atoms with Crippen LogP contribution in [-0.2, 0) is 0 Å². The van der Waals surface area contributed by atoms with Gasteiger partial charge in [-0.05, 0) is 13.0 Å². The number of amides is 1. The summed E-state index contributed by atoms with van der Waals surface area (Å²) in [5, 5.41) is 17.8. The zero-order valence-electron chi connectivity index (χ0n) is 7.66. The zero-order chi connectivity index (χ0) is 11.4. The quantitative estimate of drug-likeness (QED) is 0.854. The lowest BCUT2D eigenvalue weighted by Gasteiger charge is -2.06. The minimum atomic E-state index is -0.611. The van der Waals surface area contributed by atoms with Gasteiger partial charge in [0.1, 0.15) is 6.04 Å². The van der Waals surface area contributed by atoms with E-state index in [2.05, 4.69) is 15.5 Å². The molecular formula is C8H6Cl2N4O. The van der Waals surface area contributed by atoms with Crippen molar-refractivity contribution in [3.63, 3.8) is 0 Å². The molecule has 1 heterocycles. The Kier molecular flexibility index (Phi) is 3.83. The van der Waals surface area contributed by atoms with E-state index in [9.17, 15) is 4.79 Å². The Morgan fingerprint density at radius 1 is 1.60 bits per heavy atom. The van der Waals surface area contributed by atoms with Gasteiger partial charge in [-0.2, -0.15) is 5.26 Å². The predicted molar refractivity (Wildman–Crippen MR) is 54.6 cm³/mol. The maximum atomic E-state index is 11.5. The number of nitrogens with one attached hydrogen (secondary N) is 1. The van der Waals surface area contributed by atoms with E-state index in [1.165, 1.54) is 6.07 Å². The maximum absolute atomic E-state index is 11.5. The second-order valence-corrected chi connectivity index (χ2v) is 3.44. The van der Waals surface area contributed by atoms with Gasteiger partial charge in [-0.25, -0.2) is 0 Å². The van der Waals surface area contributed by atoms with Gasteiger partial charge in [-0.15, -0.1) is 10.2 Å². The average Bonchev–Trinajstić information content (AvgIpc) is 2.21. The summed E-state index contributed by atoms with van der Waals surface area (Å²) in [6.07, 6.45) is 0. The van der Waals surface area contributed by atoms with E-state index >= 15 is 0 Å². The van der Waals surface area contributed by atoms with Crippen LogP contribution in [0.3, 0.4) is 0 Å². The largest absolute Gasteiger partial charge is 0.336 e. The molecule has 1 unspecified atom stereocenters. The molecule has 1 amide bonds. The highest BCUT2D eigenvalue weighted by atomic mass is 35.5. The van der Waals surface area contributed by atoms with Crippen molar-refractivity contribution in [2.45, 2.75) is 13.0 Å². The summed E-state index contributed by atoms with van der Waals surface area (Å²) in [6, 6.07) is 2.53. The van der Waals surface area contributed by atoms with Gasteiger partial charge >= 0.3 is 0 Å². The van der Waals surface area contributed by atoms with Crippen LogP contribution in [0.1, 0.15) is 17.3 Å². The Morgan fingerprint density at radius 2 is 2.27 bits per heavy atom. The second kappa shape index (κ2) is 4.91. The lowest BCUT2D eigenvalue weighted by atomic mass is 10.2. The molecule has 0 saturated heterocycles. The zero-order valence-corrected chi connectivity index (χ0v) is 9.17. The highest BCUT2D eigenvalue weighted by molar-refractivity contribution is 6.34. The fourth-order valence-electron chi connectivity index (χ4n) is 0.819. The van der Waals surface area contributed by atoms with Crippen molar-refractivity contribution in [1.82, 2.24) is 15.5 Å². The van der Waals surface area contributed by atoms with Crippen molar-refractivity contribution in [1.29, 1.82) is 5.26 Å². The normalized spacial score (nSPS) is 11.6. The number of carbonyl (C=O) groups excluding carboxylic acids is 1. The van der Waals surface area contributed by atoms with Crippen LogP contribution in [0.25, 0.3) is 0 Å². The molecule has 1 aromatic heterocycles. The van der Waals surface area contributed by atoms with Crippen LogP contribution in [0, 0.1) is 11.3 Å². The van der Waals surface area contributed by atoms with E-state index in [4.69, 9.17) is 28.5 Å². The van der Waals surface area contributed by atoms with E-state index in [-0.39, 0.29) is 15.9 Å². The third-order valence-electron chi connectivity index (χ3n) is 1.50. The summed E-state index contributed by atoms with van der Waals surface area (Å²) >= 11 is 11.2. The molecule has 78 valence electrons. The smallest absolute Gasteiger partial charge is 0.255 e. The summed E-state index contributed by atoms with van der Waals surface area (Å²) in [5.74, 6) is -0.508. The average molecular weight is 245 g/mol. The van der Waals surface area contributed by atoms with Crippen LogP contribution in [0.2, 0.25) is 10.3 Å². The summed E-state index contributed by atoms with van der Waals surface area (Å²) in [4.78, 5) is 11.5. The molecule has 0 spiro atoms. The van der Waals surface area contributed by atoms with Crippen molar-refractivity contribution >= 4 is 29.1 Å². The van der Waals surface area contributed by atoms with Gasteiger partial charge in [0.2, 0.25) is 0 Å². The highest BCUT2D eigenvalue weighted by Gasteiger charge is 2.14. The molecule has 0 aromatic carbocycles. The van der Waals surface area contributed by atoms with Crippen LogP contribution in [0.5, 0.6) is 0 Å². The summed E-state index contributed by atoms with van der Waals surface area (Å²) in [7, 11) is 0. The minimum Gasteiger partial charge on any atom is -0.336 e. The number of hydrogen-bond acceptors (Lipinski definition) is 4. The van der Waals surface area contributed by atoms with Gasteiger partial charge in [-0.1, -0.05) is 23.2 Å². The van der Waals surface area contributed by atoms with E-state index in [1.54, 1.807) is 6.92 Å². The Balaban J connectivity index is 2.92. The molecule has 1 atom stereocenters. The number of nitriles is 1. The van der Waals surface area contributed by atoms with Crippen LogP contribution >= 0.6 is 23.2 Å². The molecule has 0 aliphatic carbocycles. The Morgan fingerprint density at radius 3 is 2.87 bits per heavy atom. The molecule has 1 aromatic rings. The first-order valence-electron chi connectivity index (χ1n) is 3.93. The molecule has 0 radical (unpaired) electrons. The molecule has 0 saturated carbocycles. The molecule has 0 aliphatic rings. The first kappa shape index (κ1) is 11.7. The summed E-state index contributed by atoms with van der Waals surface area (Å²) in [6.45, 7) is 1.54. The summed E-state index contributed by atoms with van der Waals surface area (Å²) < 4.78 is 0. The number of carbonyl (C=O) groups is 1. The third kappa shape index (κ3) is 3.05. The van der Waals surface area contributed by atoms with Crippen molar-refractivity contribution in [3.8, 4) is 6.07 Å². The van der Waals surface area contributed by atoms with Gasteiger partial charge in [0.05, 0.1) is 11.6 Å². The van der Waals surface area contributed by atoms with Crippen LogP contribution in [0.15, 0.2) is 6.07 Å². The lowest BCUT2D eigenvalue weighted by Crippen LogP contribution is -2.31. The SMILES string of the molecule is CC(C#N)NC(=O)c1cc(Cl)nnc1Cl. The molecule has 1 rings (SSSR count). The number of aromatic nitrogens is 2. The van der Waals surface area contributed by atoms with E-state index in [1.807, 2.05) is 6.07 Å². The van der Waals surface area contributed by atoms with Crippen molar-refractivity contribution < 1.29 is 4.79 Å². The van der Waals surface area contributed by atoms with Gasteiger partial charge in [0, 0.05) is 0 Å². The molecular weight excluding hydrogens is 239 g/mol. The first-order valence-corrected chi connectivity index (χ1v) is 4.69. The monoisotopic (exact) mass is 244 g/mol. The number of rotatable bonds is 2. The van der Waals surface area contributed by atoms with Gasteiger partial charge in [-0.3, -0.25) is 4.79 Å². The van der Waals surface area contributed by atoms with Crippen molar-refractivity contribution in [3.05, 3.63) is 21.9 Å². The molecule has 7 heteroatoms. The maximum Gasteiger partial charge on any atom is 0.255 e. The van der Waals surface area contributed by atoms with Gasteiger partial charge in [0.15, 0.2) is 10.3 Å². The lowest BCUT2D eigenvalue weighted by molar-refractivity contribution is 0.0947.